The molecule has 0 saturated carbocycles. The van der Waals surface area contributed by atoms with Gasteiger partial charge in [-0.2, -0.15) is 0 Å². The molecule has 0 bridgehead atoms. The molecule has 2 aromatic rings. The van der Waals surface area contributed by atoms with E-state index in [2.05, 4.69) is 32.7 Å². The van der Waals surface area contributed by atoms with Crippen LogP contribution in [0.4, 0.5) is 5.95 Å². The van der Waals surface area contributed by atoms with Gasteiger partial charge in [0, 0.05) is 18.8 Å². The quantitative estimate of drug-likeness (QED) is 0.771. The third-order valence-electron chi connectivity index (χ3n) is 3.08. The van der Waals surface area contributed by atoms with Crippen molar-refractivity contribution >= 4 is 11.9 Å². The Balaban J connectivity index is 1.79. The molecule has 0 spiro atoms. The largest absolute Gasteiger partial charge is 0.352 e. The zero-order valence-corrected chi connectivity index (χ0v) is 13.0. The molecule has 1 heterocycles. The summed E-state index contributed by atoms with van der Waals surface area (Å²) in [5, 5.41) is 5.98. The van der Waals surface area contributed by atoms with Crippen molar-refractivity contribution in [2.45, 2.75) is 32.7 Å². The van der Waals surface area contributed by atoms with Gasteiger partial charge in [0.1, 0.15) is 5.69 Å². The molecule has 2 rings (SSSR count). The summed E-state index contributed by atoms with van der Waals surface area (Å²) in [5.74, 6) is 0.314. The van der Waals surface area contributed by atoms with E-state index < -0.39 is 0 Å². The second kappa shape index (κ2) is 8.12. The van der Waals surface area contributed by atoms with Crippen LogP contribution in [0.3, 0.4) is 0 Å². The van der Waals surface area contributed by atoms with Crippen molar-refractivity contribution in [3.63, 3.8) is 0 Å². The minimum atomic E-state index is -0.165. The van der Waals surface area contributed by atoms with Crippen LogP contribution < -0.4 is 10.6 Å². The molecule has 0 saturated heterocycles. The SMILES string of the molecule is CC(C)Nc1nccc(C(=O)NCCCc2ccccc2)n1. The number of carbonyl (C=O) groups is 1. The highest BCUT2D eigenvalue weighted by molar-refractivity contribution is 5.92. The summed E-state index contributed by atoms with van der Waals surface area (Å²) in [7, 11) is 0. The monoisotopic (exact) mass is 298 g/mol. The fraction of sp³-hybridized carbons (Fsp3) is 0.353. The third kappa shape index (κ3) is 5.16. The molecule has 0 fully saturated rings. The fourth-order valence-corrected chi connectivity index (χ4v) is 2.04. The Kier molecular flexibility index (Phi) is 5.89. The minimum Gasteiger partial charge on any atom is -0.352 e. The number of aryl methyl sites for hydroxylation is 1. The second-order valence-corrected chi connectivity index (χ2v) is 5.41. The van der Waals surface area contributed by atoms with Crippen LogP contribution in [-0.4, -0.2) is 28.5 Å². The van der Waals surface area contributed by atoms with Crippen molar-refractivity contribution in [3.05, 3.63) is 53.9 Å². The molecule has 0 unspecified atom stereocenters. The van der Waals surface area contributed by atoms with Gasteiger partial charge in [0.15, 0.2) is 0 Å². The molecule has 5 nitrogen and oxygen atoms in total. The molecular weight excluding hydrogens is 276 g/mol. The van der Waals surface area contributed by atoms with Crippen LogP contribution in [0.5, 0.6) is 0 Å². The number of rotatable bonds is 7. The van der Waals surface area contributed by atoms with Crippen molar-refractivity contribution in [2.75, 3.05) is 11.9 Å². The van der Waals surface area contributed by atoms with Gasteiger partial charge in [-0.15, -0.1) is 0 Å². The molecule has 0 aliphatic rings. The fourth-order valence-electron chi connectivity index (χ4n) is 2.04. The predicted octanol–water partition coefficient (Wildman–Crippen LogP) is 2.66. The van der Waals surface area contributed by atoms with Gasteiger partial charge in [-0.05, 0) is 38.3 Å². The lowest BCUT2D eigenvalue weighted by molar-refractivity contribution is 0.0948. The first-order valence-corrected chi connectivity index (χ1v) is 7.57. The van der Waals surface area contributed by atoms with Crippen LogP contribution in [0.15, 0.2) is 42.6 Å². The van der Waals surface area contributed by atoms with Crippen molar-refractivity contribution in [3.8, 4) is 0 Å². The van der Waals surface area contributed by atoms with E-state index in [4.69, 9.17) is 0 Å². The number of aromatic nitrogens is 2. The lowest BCUT2D eigenvalue weighted by Crippen LogP contribution is -2.26. The van der Waals surface area contributed by atoms with Gasteiger partial charge in [-0.3, -0.25) is 4.79 Å². The summed E-state index contributed by atoms with van der Waals surface area (Å²) in [5.41, 5.74) is 1.67. The first kappa shape index (κ1) is 15.9. The average Bonchev–Trinajstić information content (AvgIpc) is 2.52. The molecule has 0 aliphatic carbocycles. The molecule has 0 radical (unpaired) electrons. The molecule has 0 atom stereocenters. The Morgan fingerprint density at radius 2 is 1.95 bits per heavy atom. The molecule has 0 aliphatic heterocycles. The Hall–Kier alpha value is -2.43. The normalized spacial score (nSPS) is 10.5. The van der Waals surface area contributed by atoms with Gasteiger partial charge < -0.3 is 10.6 Å². The first-order valence-electron chi connectivity index (χ1n) is 7.57. The number of nitrogens with zero attached hydrogens (tertiary/aromatic N) is 2. The van der Waals surface area contributed by atoms with E-state index in [1.807, 2.05) is 32.0 Å². The van der Waals surface area contributed by atoms with Gasteiger partial charge in [-0.25, -0.2) is 9.97 Å². The number of benzene rings is 1. The van der Waals surface area contributed by atoms with E-state index in [0.717, 1.165) is 12.8 Å². The van der Waals surface area contributed by atoms with Crippen LogP contribution in [0, 0.1) is 0 Å². The third-order valence-corrected chi connectivity index (χ3v) is 3.08. The zero-order valence-electron chi connectivity index (χ0n) is 13.0. The molecule has 116 valence electrons. The minimum absolute atomic E-state index is 0.165. The van der Waals surface area contributed by atoms with Gasteiger partial charge in [0.25, 0.3) is 5.91 Å². The first-order chi connectivity index (χ1) is 10.6. The molecular formula is C17H22N4O. The molecule has 1 aromatic carbocycles. The molecule has 5 heteroatoms. The average molecular weight is 298 g/mol. The Morgan fingerprint density at radius 1 is 1.18 bits per heavy atom. The maximum absolute atomic E-state index is 12.1. The maximum atomic E-state index is 12.1. The molecule has 22 heavy (non-hydrogen) atoms. The predicted molar refractivity (Wildman–Crippen MR) is 87.9 cm³/mol. The molecule has 1 aromatic heterocycles. The summed E-state index contributed by atoms with van der Waals surface area (Å²) in [4.78, 5) is 20.4. The molecule has 1 amide bonds. The van der Waals surface area contributed by atoms with E-state index in [1.54, 1.807) is 12.3 Å². The topological polar surface area (TPSA) is 66.9 Å². The van der Waals surface area contributed by atoms with Crippen molar-refractivity contribution in [2.24, 2.45) is 0 Å². The van der Waals surface area contributed by atoms with Crippen LogP contribution >= 0.6 is 0 Å². The summed E-state index contributed by atoms with van der Waals surface area (Å²) in [6, 6.07) is 12.1. The highest BCUT2D eigenvalue weighted by Gasteiger charge is 2.08. The van der Waals surface area contributed by atoms with Crippen LogP contribution in [-0.2, 0) is 6.42 Å². The van der Waals surface area contributed by atoms with E-state index in [1.165, 1.54) is 5.56 Å². The zero-order chi connectivity index (χ0) is 15.8. The summed E-state index contributed by atoms with van der Waals surface area (Å²) in [6.45, 7) is 4.63. The van der Waals surface area contributed by atoms with Gasteiger partial charge in [-0.1, -0.05) is 30.3 Å². The standard InChI is InChI=1S/C17H22N4O/c1-13(2)20-17-19-12-10-15(21-17)16(22)18-11-6-9-14-7-4-3-5-8-14/h3-5,7-8,10,12-13H,6,9,11H2,1-2H3,(H,18,22)(H,19,20,21). The van der Waals surface area contributed by atoms with Crippen LogP contribution in [0.2, 0.25) is 0 Å². The van der Waals surface area contributed by atoms with Gasteiger partial charge >= 0.3 is 0 Å². The van der Waals surface area contributed by atoms with E-state index in [9.17, 15) is 4.79 Å². The number of anilines is 1. The van der Waals surface area contributed by atoms with Crippen molar-refractivity contribution in [1.29, 1.82) is 0 Å². The van der Waals surface area contributed by atoms with Crippen LogP contribution in [0.25, 0.3) is 0 Å². The lowest BCUT2D eigenvalue weighted by Gasteiger charge is -2.09. The van der Waals surface area contributed by atoms with Gasteiger partial charge in [0.05, 0.1) is 0 Å². The van der Waals surface area contributed by atoms with Crippen LogP contribution in [0.1, 0.15) is 36.3 Å². The lowest BCUT2D eigenvalue weighted by atomic mass is 10.1. The van der Waals surface area contributed by atoms with E-state index in [0.29, 0.717) is 18.2 Å². The Morgan fingerprint density at radius 3 is 2.68 bits per heavy atom. The van der Waals surface area contributed by atoms with Crippen molar-refractivity contribution in [1.82, 2.24) is 15.3 Å². The number of hydrogen-bond acceptors (Lipinski definition) is 4. The smallest absolute Gasteiger partial charge is 0.270 e. The number of amides is 1. The number of carbonyl (C=O) groups excluding carboxylic acids is 1. The highest BCUT2D eigenvalue weighted by Crippen LogP contribution is 2.04. The number of hydrogen-bond donors (Lipinski definition) is 2. The summed E-state index contributed by atoms with van der Waals surface area (Å²) < 4.78 is 0. The summed E-state index contributed by atoms with van der Waals surface area (Å²) >= 11 is 0. The van der Waals surface area contributed by atoms with Crippen molar-refractivity contribution < 1.29 is 4.79 Å². The maximum Gasteiger partial charge on any atom is 0.270 e. The number of nitrogens with one attached hydrogen (secondary N) is 2. The Bertz CT molecular complexity index is 599. The van der Waals surface area contributed by atoms with E-state index in [-0.39, 0.29) is 11.9 Å². The summed E-state index contributed by atoms with van der Waals surface area (Å²) in [6.07, 6.45) is 3.44. The Labute approximate surface area is 131 Å². The second-order valence-electron chi connectivity index (χ2n) is 5.41. The highest BCUT2D eigenvalue weighted by atomic mass is 16.1. The van der Waals surface area contributed by atoms with E-state index >= 15 is 0 Å². The van der Waals surface area contributed by atoms with Gasteiger partial charge in [0.2, 0.25) is 5.95 Å². The molecule has 2 N–H and O–H groups in total.